The summed E-state index contributed by atoms with van der Waals surface area (Å²) in [5.41, 5.74) is 0. The van der Waals surface area contributed by atoms with Crippen molar-refractivity contribution in [1.29, 1.82) is 0 Å². The van der Waals surface area contributed by atoms with E-state index in [0.717, 1.165) is 0 Å². The first-order chi connectivity index (χ1) is 6.06. The van der Waals surface area contributed by atoms with Crippen molar-refractivity contribution in [2.24, 2.45) is 0 Å². The zero-order chi connectivity index (χ0) is 10.3. The second kappa shape index (κ2) is 6.60. The van der Waals surface area contributed by atoms with Gasteiger partial charge in [-0.15, -0.1) is 0 Å². The lowest BCUT2D eigenvalue weighted by Gasteiger charge is -2.08. The van der Waals surface area contributed by atoms with Crippen LogP contribution in [0.5, 0.6) is 0 Å². The number of esters is 1. The Morgan fingerprint density at radius 1 is 1.38 bits per heavy atom. The van der Waals surface area contributed by atoms with Crippen molar-refractivity contribution >= 4 is 11.8 Å². The molecule has 1 atom stereocenters. The van der Waals surface area contributed by atoms with Crippen LogP contribution in [0.25, 0.3) is 0 Å². The molecule has 0 rings (SSSR count). The van der Waals surface area contributed by atoms with E-state index in [9.17, 15) is 9.59 Å². The van der Waals surface area contributed by atoms with Crippen LogP contribution in [0.15, 0.2) is 0 Å². The van der Waals surface area contributed by atoms with Crippen LogP contribution in [0.1, 0.15) is 26.7 Å². The first-order valence-electron chi connectivity index (χ1n) is 4.24. The second-order valence-electron chi connectivity index (χ2n) is 2.92. The molecule has 4 heteroatoms. The summed E-state index contributed by atoms with van der Waals surface area (Å²) in [4.78, 5) is 21.5. The number of ether oxygens (including phenoxy) is 2. The van der Waals surface area contributed by atoms with Gasteiger partial charge in [0.05, 0.1) is 19.1 Å². The molecule has 76 valence electrons. The third-order valence-corrected chi connectivity index (χ3v) is 1.57. The molecule has 0 N–H and O–H groups in total. The van der Waals surface area contributed by atoms with Crippen LogP contribution >= 0.6 is 0 Å². The van der Waals surface area contributed by atoms with E-state index in [-0.39, 0.29) is 37.3 Å². The van der Waals surface area contributed by atoms with Crippen LogP contribution in [0.3, 0.4) is 0 Å². The molecular formula is C9H16O4. The van der Waals surface area contributed by atoms with Gasteiger partial charge in [-0.3, -0.25) is 9.59 Å². The molecule has 0 bridgehead atoms. The lowest BCUT2D eigenvalue weighted by atomic mass is 10.3. The molecule has 0 heterocycles. The third-order valence-electron chi connectivity index (χ3n) is 1.57. The van der Waals surface area contributed by atoms with Gasteiger partial charge in [0.15, 0.2) is 0 Å². The monoisotopic (exact) mass is 188 g/mol. The summed E-state index contributed by atoms with van der Waals surface area (Å²) in [5, 5.41) is 0. The lowest BCUT2D eigenvalue weighted by Crippen LogP contribution is -2.15. The molecule has 0 spiro atoms. The van der Waals surface area contributed by atoms with E-state index in [1.165, 1.54) is 14.0 Å². The van der Waals surface area contributed by atoms with Crippen LogP contribution in [0.2, 0.25) is 0 Å². The first-order valence-corrected chi connectivity index (χ1v) is 4.24. The Morgan fingerprint density at radius 2 is 2.00 bits per heavy atom. The van der Waals surface area contributed by atoms with Gasteiger partial charge >= 0.3 is 5.97 Å². The largest absolute Gasteiger partial charge is 0.465 e. The third kappa shape index (κ3) is 7.46. The molecule has 0 aromatic carbocycles. The van der Waals surface area contributed by atoms with Crippen molar-refractivity contribution in [3.63, 3.8) is 0 Å². The quantitative estimate of drug-likeness (QED) is 0.582. The van der Waals surface area contributed by atoms with Crippen LogP contribution in [-0.2, 0) is 19.1 Å². The van der Waals surface area contributed by atoms with Gasteiger partial charge in [-0.05, 0) is 13.8 Å². The van der Waals surface area contributed by atoms with Gasteiger partial charge in [0.1, 0.15) is 5.78 Å². The average molecular weight is 188 g/mol. The van der Waals surface area contributed by atoms with Gasteiger partial charge in [-0.1, -0.05) is 0 Å². The van der Waals surface area contributed by atoms with Gasteiger partial charge in [-0.2, -0.15) is 0 Å². The van der Waals surface area contributed by atoms with Crippen molar-refractivity contribution in [2.45, 2.75) is 32.8 Å². The van der Waals surface area contributed by atoms with Gasteiger partial charge < -0.3 is 9.47 Å². The van der Waals surface area contributed by atoms with Crippen LogP contribution in [0.4, 0.5) is 0 Å². The number of hydrogen-bond donors (Lipinski definition) is 0. The van der Waals surface area contributed by atoms with E-state index in [1.54, 1.807) is 6.92 Å². The summed E-state index contributed by atoms with van der Waals surface area (Å²) >= 11 is 0. The van der Waals surface area contributed by atoms with E-state index >= 15 is 0 Å². The van der Waals surface area contributed by atoms with Gasteiger partial charge in [0.25, 0.3) is 0 Å². The molecule has 1 unspecified atom stereocenters. The Hall–Kier alpha value is -0.900. The first kappa shape index (κ1) is 12.1. The standard InChI is InChI=1S/C9H16O4/c1-7(10)4-5-13-9(11)6-8(2)12-3/h8H,4-6H2,1-3H3. The average Bonchev–Trinajstić information content (AvgIpc) is 2.03. The smallest absolute Gasteiger partial charge is 0.308 e. The van der Waals surface area contributed by atoms with Gasteiger partial charge in [0.2, 0.25) is 0 Å². The number of carbonyl (C=O) groups is 2. The zero-order valence-corrected chi connectivity index (χ0v) is 8.33. The maximum atomic E-state index is 11.0. The number of hydrogen-bond acceptors (Lipinski definition) is 4. The maximum absolute atomic E-state index is 11.0. The van der Waals surface area contributed by atoms with Crippen molar-refractivity contribution in [3.8, 4) is 0 Å². The fourth-order valence-electron chi connectivity index (χ4n) is 0.686. The molecule has 0 saturated heterocycles. The molecular weight excluding hydrogens is 172 g/mol. The molecule has 0 aromatic rings. The Balaban J connectivity index is 3.46. The number of ketones is 1. The molecule has 0 aliphatic heterocycles. The maximum Gasteiger partial charge on any atom is 0.308 e. The summed E-state index contributed by atoms with van der Waals surface area (Å²) in [6.45, 7) is 3.42. The molecule has 0 amide bonds. The number of Topliss-reactive ketones (excluding diaryl/α,β-unsaturated/α-hetero) is 1. The number of rotatable bonds is 6. The molecule has 13 heavy (non-hydrogen) atoms. The van der Waals surface area contributed by atoms with E-state index < -0.39 is 0 Å². The Bertz CT molecular complexity index is 176. The highest BCUT2D eigenvalue weighted by molar-refractivity contribution is 5.76. The van der Waals surface area contributed by atoms with E-state index in [2.05, 4.69) is 0 Å². The summed E-state index contributed by atoms with van der Waals surface area (Å²) in [7, 11) is 1.54. The topological polar surface area (TPSA) is 52.6 Å². The minimum atomic E-state index is -0.324. The molecule has 0 aliphatic rings. The predicted molar refractivity (Wildman–Crippen MR) is 47.3 cm³/mol. The molecule has 0 aromatic heterocycles. The minimum absolute atomic E-state index is 0.0209. The number of carbonyl (C=O) groups excluding carboxylic acids is 2. The summed E-state index contributed by atoms with van der Waals surface area (Å²) in [6, 6.07) is 0. The molecule has 0 saturated carbocycles. The zero-order valence-electron chi connectivity index (χ0n) is 8.33. The highest BCUT2D eigenvalue weighted by Gasteiger charge is 2.08. The SMILES string of the molecule is COC(C)CC(=O)OCCC(C)=O. The molecule has 0 radical (unpaired) electrons. The van der Waals surface area contributed by atoms with Crippen molar-refractivity contribution in [3.05, 3.63) is 0 Å². The van der Waals surface area contributed by atoms with E-state index in [4.69, 9.17) is 9.47 Å². The van der Waals surface area contributed by atoms with Crippen LogP contribution in [-0.4, -0.2) is 31.6 Å². The highest BCUT2D eigenvalue weighted by atomic mass is 16.5. The van der Waals surface area contributed by atoms with Gasteiger partial charge in [0, 0.05) is 13.5 Å². The lowest BCUT2D eigenvalue weighted by molar-refractivity contribution is -0.146. The molecule has 0 fully saturated rings. The second-order valence-corrected chi connectivity index (χ2v) is 2.92. The normalized spacial score (nSPS) is 12.2. The molecule has 4 nitrogen and oxygen atoms in total. The predicted octanol–water partition coefficient (Wildman–Crippen LogP) is 0.934. The van der Waals surface area contributed by atoms with Crippen LogP contribution < -0.4 is 0 Å². The minimum Gasteiger partial charge on any atom is -0.465 e. The Kier molecular flexibility index (Phi) is 6.14. The Morgan fingerprint density at radius 3 is 2.46 bits per heavy atom. The van der Waals surface area contributed by atoms with Crippen molar-refractivity contribution in [2.75, 3.05) is 13.7 Å². The summed E-state index contributed by atoms with van der Waals surface area (Å²) in [6.07, 6.45) is 0.381. The summed E-state index contributed by atoms with van der Waals surface area (Å²) < 4.78 is 9.67. The Labute approximate surface area is 78.2 Å². The fourth-order valence-corrected chi connectivity index (χ4v) is 0.686. The summed E-state index contributed by atoms with van der Waals surface area (Å²) in [5.74, 6) is -0.303. The van der Waals surface area contributed by atoms with E-state index in [1.807, 2.05) is 0 Å². The van der Waals surface area contributed by atoms with Crippen molar-refractivity contribution in [1.82, 2.24) is 0 Å². The fraction of sp³-hybridized carbons (Fsp3) is 0.778. The molecule has 0 aliphatic carbocycles. The highest BCUT2D eigenvalue weighted by Crippen LogP contribution is 1.98. The van der Waals surface area contributed by atoms with Gasteiger partial charge in [-0.25, -0.2) is 0 Å². The van der Waals surface area contributed by atoms with Crippen LogP contribution in [0, 0.1) is 0 Å². The van der Waals surface area contributed by atoms with Crippen molar-refractivity contribution < 1.29 is 19.1 Å². The van der Waals surface area contributed by atoms with E-state index in [0.29, 0.717) is 0 Å². The number of methoxy groups -OCH3 is 1.